The van der Waals surface area contributed by atoms with E-state index in [-0.39, 0.29) is 5.41 Å². The Bertz CT molecular complexity index is 674. The van der Waals surface area contributed by atoms with Gasteiger partial charge in [0.05, 0.1) is 7.11 Å². The van der Waals surface area contributed by atoms with Gasteiger partial charge in [0.1, 0.15) is 12.0 Å². The van der Waals surface area contributed by atoms with Crippen LogP contribution in [0.2, 0.25) is 0 Å². The number of methoxy groups -OCH3 is 1. The Balaban J connectivity index is 2.23. The van der Waals surface area contributed by atoms with E-state index < -0.39 is 0 Å². The van der Waals surface area contributed by atoms with Crippen LogP contribution in [-0.4, -0.2) is 13.4 Å². The van der Waals surface area contributed by atoms with Crippen LogP contribution in [0.25, 0.3) is 12.2 Å². The first-order chi connectivity index (χ1) is 10.4. The summed E-state index contributed by atoms with van der Waals surface area (Å²) in [6.45, 7) is 6.61. The molecule has 2 heteroatoms. The molecule has 2 aromatic carbocycles. The van der Waals surface area contributed by atoms with Gasteiger partial charge in [-0.15, -0.1) is 0 Å². The zero-order valence-corrected chi connectivity index (χ0v) is 13.6. The molecule has 0 fully saturated rings. The molecule has 0 unspecified atom stereocenters. The van der Waals surface area contributed by atoms with Gasteiger partial charge in [-0.3, -0.25) is 4.79 Å². The van der Waals surface area contributed by atoms with Crippen molar-refractivity contribution in [3.63, 3.8) is 0 Å². The summed E-state index contributed by atoms with van der Waals surface area (Å²) < 4.78 is 5.21. The summed E-state index contributed by atoms with van der Waals surface area (Å²) in [6, 6.07) is 14.0. The lowest BCUT2D eigenvalue weighted by molar-refractivity contribution is 0.112. The molecule has 0 bridgehead atoms. The Kier molecular flexibility index (Phi) is 4.81. The Labute approximate surface area is 132 Å². The molecule has 0 aliphatic rings. The van der Waals surface area contributed by atoms with Crippen molar-refractivity contribution in [3.05, 3.63) is 64.7 Å². The highest BCUT2D eigenvalue weighted by Crippen LogP contribution is 2.23. The second-order valence-corrected chi connectivity index (χ2v) is 6.36. The highest BCUT2D eigenvalue weighted by atomic mass is 16.5. The predicted octanol–water partition coefficient (Wildman–Crippen LogP) is 4.98. The van der Waals surface area contributed by atoms with Crippen LogP contribution in [0.5, 0.6) is 5.75 Å². The monoisotopic (exact) mass is 294 g/mol. The molecule has 114 valence electrons. The quantitative estimate of drug-likeness (QED) is 0.587. The maximum absolute atomic E-state index is 11.0. The Morgan fingerprint density at radius 2 is 1.45 bits per heavy atom. The third kappa shape index (κ3) is 4.08. The molecule has 0 spiro atoms. The summed E-state index contributed by atoms with van der Waals surface area (Å²) in [5, 5.41) is 0. The Morgan fingerprint density at radius 3 is 2.00 bits per heavy atom. The molecular formula is C20H22O2. The smallest absolute Gasteiger partial charge is 0.150 e. The molecule has 0 heterocycles. The van der Waals surface area contributed by atoms with Crippen molar-refractivity contribution in [1.82, 2.24) is 0 Å². The van der Waals surface area contributed by atoms with E-state index in [0.29, 0.717) is 11.3 Å². The fourth-order valence-corrected chi connectivity index (χ4v) is 2.21. The maximum Gasteiger partial charge on any atom is 0.150 e. The molecule has 0 radical (unpaired) electrons. The van der Waals surface area contributed by atoms with E-state index in [9.17, 15) is 4.79 Å². The van der Waals surface area contributed by atoms with Crippen molar-refractivity contribution in [1.29, 1.82) is 0 Å². The molecule has 0 aliphatic carbocycles. The number of hydrogen-bond donors (Lipinski definition) is 0. The van der Waals surface area contributed by atoms with Crippen molar-refractivity contribution >= 4 is 18.4 Å². The summed E-state index contributed by atoms with van der Waals surface area (Å²) in [7, 11) is 1.60. The minimum absolute atomic E-state index is 0.161. The van der Waals surface area contributed by atoms with Crippen LogP contribution in [0.15, 0.2) is 42.5 Å². The van der Waals surface area contributed by atoms with Crippen LogP contribution >= 0.6 is 0 Å². The van der Waals surface area contributed by atoms with Gasteiger partial charge in [0, 0.05) is 5.56 Å². The van der Waals surface area contributed by atoms with Crippen LogP contribution in [0, 0.1) is 0 Å². The zero-order chi connectivity index (χ0) is 16.2. The van der Waals surface area contributed by atoms with Gasteiger partial charge in [-0.1, -0.05) is 57.2 Å². The van der Waals surface area contributed by atoms with Crippen molar-refractivity contribution < 1.29 is 9.53 Å². The van der Waals surface area contributed by atoms with Crippen LogP contribution in [0.4, 0.5) is 0 Å². The van der Waals surface area contributed by atoms with E-state index in [1.165, 1.54) is 5.56 Å². The minimum atomic E-state index is 0.161. The van der Waals surface area contributed by atoms with E-state index in [1.807, 2.05) is 24.3 Å². The van der Waals surface area contributed by atoms with Crippen LogP contribution in [-0.2, 0) is 5.41 Å². The van der Waals surface area contributed by atoms with E-state index >= 15 is 0 Å². The summed E-state index contributed by atoms with van der Waals surface area (Å²) >= 11 is 0. The summed E-state index contributed by atoms with van der Waals surface area (Å²) in [5.74, 6) is 0.687. The summed E-state index contributed by atoms with van der Waals surface area (Å²) in [6.07, 6.45) is 4.86. The van der Waals surface area contributed by atoms with Crippen molar-refractivity contribution in [2.75, 3.05) is 7.11 Å². The average molecular weight is 294 g/mol. The van der Waals surface area contributed by atoms with Crippen molar-refractivity contribution in [3.8, 4) is 5.75 Å². The van der Waals surface area contributed by atoms with E-state index in [1.54, 1.807) is 13.2 Å². The largest absolute Gasteiger partial charge is 0.497 e. The second kappa shape index (κ2) is 6.61. The van der Waals surface area contributed by atoms with Crippen LogP contribution in [0.3, 0.4) is 0 Å². The molecule has 0 saturated carbocycles. The van der Waals surface area contributed by atoms with E-state index in [2.05, 4.69) is 45.0 Å². The lowest BCUT2D eigenvalue weighted by Gasteiger charge is -2.18. The van der Waals surface area contributed by atoms with Gasteiger partial charge in [0.25, 0.3) is 0 Å². The highest BCUT2D eigenvalue weighted by molar-refractivity contribution is 5.79. The molecule has 0 N–H and O–H groups in total. The lowest BCUT2D eigenvalue weighted by atomic mass is 9.87. The first-order valence-corrected chi connectivity index (χ1v) is 7.35. The average Bonchev–Trinajstić information content (AvgIpc) is 2.52. The van der Waals surface area contributed by atoms with Gasteiger partial charge in [-0.05, 0) is 40.3 Å². The SMILES string of the molecule is COc1cc(C=O)cc(C=Cc2ccc(C(C)(C)C)cc2)c1. The topological polar surface area (TPSA) is 26.3 Å². The van der Waals surface area contributed by atoms with E-state index in [0.717, 1.165) is 17.4 Å². The Hall–Kier alpha value is -2.35. The third-order valence-electron chi connectivity index (χ3n) is 3.57. The van der Waals surface area contributed by atoms with Gasteiger partial charge in [0.15, 0.2) is 0 Å². The number of carbonyl (C=O) groups is 1. The molecule has 0 aromatic heterocycles. The zero-order valence-electron chi connectivity index (χ0n) is 13.6. The predicted molar refractivity (Wildman–Crippen MR) is 92.5 cm³/mol. The fraction of sp³-hybridized carbons (Fsp3) is 0.250. The van der Waals surface area contributed by atoms with Gasteiger partial charge in [-0.25, -0.2) is 0 Å². The number of aldehydes is 1. The van der Waals surface area contributed by atoms with Gasteiger partial charge in [0.2, 0.25) is 0 Å². The van der Waals surface area contributed by atoms with Gasteiger partial charge < -0.3 is 4.74 Å². The molecular weight excluding hydrogens is 272 g/mol. The number of rotatable bonds is 4. The summed E-state index contributed by atoms with van der Waals surface area (Å²) in [5.41, 5.74) is 4.16. The first kappa shape index (κ1) is 16.0. The normalized spacial score (nSPS) is 11.6. The fourth-order valence-electron chi connectivity index (χ4n) is 2.21. The molecule has 0 aliphatic heterocycles. The molecule has 0 amide bonds. The van der Waals surface area contributed by atoms with Gasteiger partial charge >= 0.3 is 0 Å². The number of carbonyl (C=O) groups excluding carboxylic acids is 1. The number of hydrogen-bond acceptors (Lipinski definition) is 2. The molecule has 2 nitrogen and oxygen atoms in total. The standard InChI is InChI=1S/C20H22O2/c1-20(2,3)18-9-7-15(8-10-18)5-6-16-11-17(14-21)13-19(12-16)22-4/h5-14H,1-4H3. The molecule has 0 atom stereocenters. The van der Waals surface area contributed by atoms with Crippen LogP contribution < -0.4 is 4.74 Å². The second-order valence-electron chi connectivity index (χ2n) is 6.36. The first-order valence-electron chi connectivity index (χ1n) is 7.35. The minimum Gasteiger partial charge on any atom is -0.497 e. The van der Waals surface area contributed by atoms with Crippen molar-refractivity contribution in [2.45, 2.75) is 26.2 Å². The third-order valence-corrected chi connectivity index (χ3v) is 3.57. The molecule has 2 aromatic rings. The van der Waals surface area contributed by atoms with Crippen LogP contribution in [0.1, 0.15) is 47.8 Å². The maximum atomic E-state index is 11.0. The molecule has 0 saturated heterocycles. The number of ether oxygens (including phenoxy) is 1. The highest BCUT2D eigenvalue weighted by Gasteiger charge is 2.12. The van der Waals surface area contributed by atoms with Gasteiger partial charge in [-0.2, -0.15) is 0 Å². The lowest BCUT2D eigenvalue weighted by Crippen LogP contribution is -2.10. The van der Waals surface area contributed by atoms with E-state index in [4.69, 9.17) is 4.74 Å². The van der Waals surface area contributed by atoms with Crippen molar-refractivity contribution in [2.24, 2.45) is 0 Å². The Morgan fingerprint density at radius 1 is 0.864 bits per heavy atom. The molecule has 2 rings (SSSR count). The number of benzene rings is 2. The summed E-state index contributed by atoms with van der Waals surface area (Å²) in [4.78, 5) is 11.0. The molecule has 22 heavy (non-hydrogen) atoms.